The Hall–Kier alpha value is -3.13. The maximum Gasteiger partial charge on any atom is 0.268 e. The molecule has 1 amide bonds. The normalized spacial score (nSPS) is 21.4. The van der Waals surface area contributed by atoms with Crippen molar-refractivity contribution in [2.45, 2.75) is 30.8 Å². The third-order valence-electron chi connectivity index (χ3n) is 5.60. The summed E-state index contributed by atoms with van der Waals surface area (Å²) in [6.45, 7) is 0.683. The molecule has 0 bridgehead atoms. The van der Waals surface area contributed by atoms with E-state index in [4.69, 9.17) is 9.47 Å². The van der Waals surface area contributed by atoms with E-state index in [-0.39, 0.29) is 23.6 Å². The maximum absolute atomic E-state index is 12.8. The van der Waals surface area contributed by atoms with Gasteiger partial charge in [0.15, 0.2) is 0 Å². The fraction of sp³-hybridized carbons (Fsp3) is 0.381. The van der Waals surface area contributed by atoms with E-state index >= 15 is 0 Å². The lowest BCUT2D eigenvalue weighted by atomic mass is 10.1. The number of amides is 1. The van der Waals surface area contributed by atoms with Crippen LogP contribution in [-0.2, 0) is 4.74 Å². The van der Waals surface area contributed by atoms with Crippen LogP contribution in [0.1, 0.15) is 41.0 Å². The molecule has 3 aromatic rings. The van der Waals surface area contributed by atoms with Gasteiger partial charge >= 0.3 is 0 Å². The Kier molecular flexibility index (Phi) is 4.35. The van der Waals surface area contributed by atoms with E-state index in [1.165, 1.54) is 4.68 Å². The summed E-state index contributed by atoms with van der Waals surface area (Å²) in [5, 5.41) is 8.47. The van der Waals surface area contributed by atoms with Crippen LogP contribution in [0.3, 0.4) is 0 Å². The van der Waals surface area contributed by atoms with E-state index in [2.05, 4.69) is 15.4 Å². The fourth-order valence-corrected chi connectivity index (χ4v) is 3.80. The van der Waals surface area contributed by atoms with Gasteiger partial charge in [0.1, 0.15) is 17.5 Å². The van der Waals surface area contributed by atoms with Crippen LogP contribution in [0.2, 0.25) is 0 Å². The van der Waals surface area contributed by atoms with Gasteiger partial charge in [-0.2, -0.15) is 5.10 Å². The standard InChI is InChI=1S/C21H22N4O4/c1-28-14-5-4-13-8-17(22-16(13)9-14)21(27)23-18-10-29-11-19(18)25-20(26)7-6-15(24-25)12-2-3-12/h4-9,12,18-19,22H,2-3,10-11H2,1H3,(H,23,27). The van der Waals surface area contributed by atoms with Gasteiger partial charge in [-0.3, -0.25) is 9.59 Å². The minimum absolute atomic E-state index is 0.179. The molecule has 1 aromatic carbocycles. The second-order valence-electron chi connectivity index (χ2n) is 7.64. The van der Waals surface area contributed by atoms with E-state index < -0.39 is 0 Å². The largest absolute Gasteiger partial charge is 0.497 e. The number of carbonyl (C=O) groups excluding carboxylic acids is 1. The van der Waals surface area contributed by atoms with Gasteiger partial charge in [0.25, 0.3) is 11.5 Å². The molecule has 2 aliphatic rings. The summed E-state index contributed by atoms with van der Waals surface area (Å²) in [5.41, 5.74) is 2.03. The number of nitrogens with one attached hydrogen (secondary N) is 2. The van der Waals surface area contributed by atoms with Gasteiger partial charge in [-0.25, -0.2) is 4.68 Å². The van der Waals surface area contributed by atoms with Crippen LogP contribution < -0.4 is 15.6 Å². The Morgan fingerprint density at radius 3 is 2.90 bits per heavy atom. The van der Waals surface area contributed by atoms with Crippen LogP contribution in [-0.4, -0.2) is 47.0 Å². The van der Waals surface area contributed by atoms with E-state index in [9.17, 15) is 9.59 Å². The number of benzene rings is 1. The smallest absolute Gasteiger partial charge is 0.268 e. The zero-order valence-corrected chi connectivity index (χ0v) is 16.1. The molecule has 150 valence electrons. The Morgan fingerprint density at radius 1 is 1.24 bits per heavy atom. The molecule has 1 saturated heterocycles. The van der Waals surface area contributed by atoms with Crippen LogP contribution in [0.4, 0.5) is 0 Å². The molecule has 8 heteroatoms. The van der Waals surface area contributed by atoms with Gasteiger partial charge in [0.05, 0.1) is 32.1 Å². The molecule has 29 heavy (non-hydrogen) atoms. The van der Waals surface area contributed by atoms with Gasteiger partial charge < -0.3 is 19.8 Å². The highest BCUT2D eigenvalue weighted by Gasteiger charge is 2.34. The van der Waals surface area contributed by atoms with Crippen LogP contribution in [0.5, 0.6) is 5.75 Å². The average molecular weight is 394 g/mol. The third kappa shape index (κ3) is 3.40. The number of hydrogen-bond donors (Lipinski definition) is 2. The molecule has 2 atom stereocenters. The summed E-state index contributed by atoms with van der Waals surface area (Å²) in [6.07, 6.45) is 2.22. The molecule has 5 rings (SSSR count). The van der Waals surface area contributed by atoms with Crippen molar-refractivity contribution in [3.63, 3.8) is 0 Å². The number of methoxy groups -OCH3 is 1. The lowest BCUT2D eigenvalue weighted by Gasteiger charge is -2.20. The van der Waals surface area contributed by atoms with Crippen molar-refractivity contribution in [3.05, 3.63) is 58.1 Å². The lowest BCUT2D eigenvalue weighted by Crippen LogP contribution is -2.44. The quantitative estimate of drug-likeness (QED) is 0.690. The van der Waals surface area contributed by atoms with Gasteiger partial charge in [-0.05, 0) is 37.1 Å². The number of aromatic amines is 1. The highest BCUT2D eigenvalue weighted by molar-refractivity contribution is 5.98. The molecule has 0 radical (unpaired) electrons. The third-order valence-corrected chi connectivity index (χ3v) is 5.60. The monoisotopic (exact) mass is 394 g/mol. The van der Waals surface area contributed by atoms with Crippen molar-refractivity contribution in [1.29, 1.82) is 0 Å². The minimum Gasteiger partial charge on any atom is -0.497 e. The fourth-order valence-electron chi connectivity index (χ4n) is 3.80. The molecule has 1 aliphatic carbocycles. The number of fused-ring (bicyclic) bond motifs is 1. The molecular weight excluding hydrogens is 372 g/mol. The van der Waals surface area contributed by atoms with Gasteiger partial charge in [0, 0.05) is 29.0 Å². The number of aromatic nitrogens is 3. The minimum atomic E-state index is -0.330. The average Bonchev–Trinajstić information content (AvgIpc) is 3.33. The molecule has 2 fully saturated rings. The van der Waals surface area contributed by atoms with Gasteiger partial charge in [-0.1, -0.05) is 0 Å². The molecule has 0 spiro atoms. The second kappa shape index (κ2) is 7.04. The first-order valence-electron chi connectivity index (χ1n) is 9.77. The van der Waals surface area contributed by atoms with Crippen LogP contribution in [0, 0.1) is 0 Å². The number of rotatable bonds is 5. The molecule has 2 N–H and O–H groups in total. The van der Waals surface area contributed by atoms with Crippen molar-refractivity contribution in [2.75, 3.05) is 20.3 Å². The molecule has 1 aliphatic heterocycles. The second-order valence-corrected chi connectivity index (χ2v) is 7.64. The van der Waals surface area contributed by atoms with E-state index in [0.717, 1.165) is 35.2 Å². The summed E-state index contributed by atoms with van der Waals surface area (Å²) < 4.78 is 12.3. The predicted molar refractivity (Wildman–Crippen MR) is 106 cm³/mol. The zero-order chi connectivity index (χ0) is 20.0. The number of hydrogen-bond acceptors (Lipinski definition) is 5. The molecular formula is C21H22N4O4. The Labute approximate surface area is 166 Å². The SMILES string of the molecule is COc1ccc2cc(C(=O)NC3COCC3n3nc(C4CC4)ccc3=O)[nH]c2c1. The van der Waals surface area contributed by atoms with E-state index in [1.54, 1.807) is 25.3 Å². The number of H-pyrrole nitrogens is 1. The summed E-state index contributed by atoms with van der Waals surface area (Å²) in [5.74, 6) is 0.921. The Morgan fingerprint density at radius 2 is 2.10 bits per heavy atom. The first-order valence-corrected chi connectivity index (χ1v) is 9.77. The van der Waals surface area contributed by atoms with Gasteiger partial charge in [0.2, 0.25) is 0 Å². The lowest BCUT2D eigenvalue weighted by molar-refractivity contribution is 0.0920. The summed E-state index contributed by atoms with van der Waals surface area (Å²) in [7, 11) is 1.60. The molecule has 2 unspecified atom stereocenters. The highest BCUT2D eigenvalue weighted by Crippen LogP contribution is 2.38. The van der Waals surface area contributed by atoms with Crippen molar-refractivity contribution in [2.24, 2.45) is 0 Å². The Balaban J connectivity index is 1.37. The summed E-state index contributed by atoms with van der Waals surface area (Å²) >= 11 is 0. The van der Waals surface area contributed by atoms with E-state index in [0.29, 0.717) is 24.8 Å². The van der Waals surface area contributed by atoms with Crippen molar-refractivity contribution < 1.29 is 14.3 Å². The first kappa shape index (κ1) is 17.9. The van der Waals surface area contributed by atoms with Crippen molar-refractivity contribution in [1.82, 2.24) is 20.1 Å². The van der Waals surface area contributed by atoms with Crippen molar-refractivity contribution >= 4 is 16.8 Å². The Bertz CT molecular complexity index is 1130. The number of nitrogens with zero attached hydrogens (tertiary/aromatic N) is 2. The summed E-state index contributed by atoms with van der Waals surface area (Å²) in [4.78, 5) is 28.4. The number of carbonyl (C=O) groups is 1. The van der Waals surface area contributed by atoms with Crippen LogP contribution >= 0.6 is 0 Å². The van der Waals surface area contributed by atoms with Crippen LogP contribution in [0.25, 0.3) is 10.9 Å². The van der Waals surface area contributed by atoms with E-state index in [1.807, 2.05) is 18.2 Å². The number of ether oxygens (including phenoxy) is 2. The molecule has 1 saturated carbocycles. The predicted octanol–water partition coefficient (Wildman–Crippen LogP) is 1.98. The first-order chi connectivity index (χ1) is 14.1. The summed E-state index contributed by atoms with van der Waals surface area (Å²) in [6, 6.07) is 10.1. The maximum atomic E-state index is 12.8. The topological polar surface area (TPSA) is 98.2 Å². The zero-order valence-electron chi connectivity index (χ0n) is 16.1. The molecule has 3 heterocycles. The van der Waals surface area contributed by atoms with Crippen LogP contribution in [0.15, 0.2) is 41.2 Å². The molecule has 8 nitrogen and oxygen atoms in total. The highest BCUT2D eigenvalue weighted by atomic mass is 16.5. The van der Waals surface area contributed by atoms with Crippen molar-refractivity contribution in [3.8, 4) is 5.75 Å². The molecule has 2 aromatic heterocycles. The van der Waals surface area contributed by atoms with Gasteiger partial charge in [-0.15, -0.1) is 0 Å².